The average molecular weight is 269 g/mol. The Morgan fingerprint density at radius 3 is 2.28 bits per heavy atom. The van der Waals surface area contributed by atoms with Crippen LogP contribution in [-0.4, -0.2) is 39.5 Å². The normalized spacial score (nSPS) is 23.5. The molecule has 0 spiro atoms. The first-order valence-corrected chi connectivity index (χ1v) is 7.94. The van der Waals surface area contributed by atoms with Crippen LogP contribution in [0.3, 0.4) is 0 Å². The van der Waals surface area contributed by atoms with Crippen molar-refractivity contribution >= 4 is 15.5 Å². The number of aliphatic hydroxyl groups excluding tert-OH is 1. The van der Waals surface area contributed by atoms with Crippen molar-refractivity contribution in [2.45, 2.75) is 23.8 Å². The molecular weight excluding hydrogens is 250 g/mol. The fourth-order valence-corrected chi connectivity index (χ4v) is 2.92. The maximum absolute atomic E-state index is 11.3. The molecule has 1 saturated carbocycles. The molecule has 100 valence electrons. The minimum Gasteiger partial charge on any atom is -0.393 e. The van der Waals surface area contributed by atoms with Crippen molar-refractivity contribution in [1.82, 2.24) is 0 Å². The predicted octanol–water partition coefficient (Wildman–Crippen LogP) is 1.30. The first kappa shape index (κ1) is 13.4. The summed E-state index contributed by atoms with van der Waals surface area (Å²) in [5.41, 5.74) is 1.00. The first-order valence-electron chi connectivity index (χ1n) is 6.05. The number of aliphatic hydroxyl groups is 1. The number of anilines is 1. The number of rotatable bonds is 4. The predicted molar refractivity (Wildman–Crippen MR) is 71.6 cm³/mol. The molecule has 1 N–H and O–H groups in total. The highest BCUT2D eigenvalue weighted by Gasteiger charge is 2.27. The molecule has 5 heteroatoms. The van der Waals surface area contributed by atoms with Crippen molar-refractivity contribution in [3.8, 4) is 0 Å². The lowest BCUT2D eigenvalue weighted by atomic mass is 9.82. The summed E-state index contributed by atoms with van der Waals surface area (Å²) < 4.78 is 22.7. The molecule has 4 nitrogen and oxygen atoms in total. The van der Waals surface area contributed by atoms with Gasteiger partial charge in [0.05, 0.1) is 11.0 Å². The standard InChI is InChI=1S/C13H19NO3S/c1-14(9-10-7-12(15)8-10)11-3-5-13(6-4-11)18(2,16)17/h3-6,10,12,15H,7-9H2,1-2H3. The Balaban J connectivity index is 2.01. The highest BCUT2D eigenvalue weighted by atomic mass is 32.2. The molecular formula is C13H19NO3S. The molecule has 1 fully saturated rings. The minimum atomic E-state index is -3.12. The Morgan fingerprint density at radius 2 is 1.83 bits per heavy atom. The van der Waals surface area contributed by atoms with Gasteiger partial charge in [-0.15, -0.1) is 0 Å². The van der Waals surface area contributed by atoms with E-state index in [1.54, 1.807) is 12.1 Å². The smallest absolute Gasteiger partial charge is 0.175 e. The van der Waals surface area contributed by atoms with E-state index in [0.29, 0.717) is 10.8 Å². The van der Waals surface area contributed by atoms with Gasteiger partial charge in [0.25, 0.3) is 0 Å². The first-order chi connectivity index (χ1) is 8.36. The molecule has 1 aromatic rings. The highest BCUT2D eigenvalue weighted by molar-refractivity contribution is 7.90. The molecule has 0 aliphatic heterocycles. The van der Waals surface area contributed by atoms with Gasteiger partial charge in [-0.05, 0) is 43.0 Å². The molecule has 0 saturated heterocycles. The summed E-state index contributed by atoms with van der Waals surface area (Å²) >= 11 is 0. The molecule has 0 heterocycles. The molecule has 0 unspecified atom stereocenters. The maximum atomic E-state index is 11.3. The van der Waals surface area contributed by atoms with Crippen molar-refractivity contribution in [2.24, 2.45) is 5.92 Å². The van der Waals surface area contributed by atoms with E-state index in [2.05, 4.69) is 4.90 Å². The number of nitrogens with zero attached hydrogens (tertiary/aromatic N) is 1. The SMILES string of the molecule is CN(CC1CC(O)C1)c1ccc(S(C)(=O)=O)cc1. The van der Waals surface area contributed by atoms with Crippen LogP contribution in [0.25, 0.3) is 0 Å². The lowest BCUT2D eigenvalue weighted by Gasteiger charge is -2.35. The van der Waals surface area contributed by atoms with Gasteiger partial charge in [0.15, 0.2) is 9.84 Å². The largest absolute Gasteiger partial charge is 0.393 e. The van der Waals surface area contributed by atoms with Gasteiger partial charge in [0.1, 0.15) is 0 Å². The van der Waals surface area contributed by atoms with E-state index in [0.717, 1.165) is 25.1 Å². The summed E-state index contributed by atoms with van der Waals surface area (Å²) in [5, 5.41) is 9.24. The Kier molecular flexibility index (Phi) is 3.64. The summed E-state index contributed by atoms with van der Waals surface area (Å²) in [5.74, 6) is 0.541. The minimum absolute atomic E-state index is 0.129. The van der Waals surface area contributed by atoms with Crippen LogP contribution in [0, 0.1) is 5.92 Å². The van der Waals surface area contributed by atoms with Crippen molar-refractivity contribution in [3.63, 3.8) is 0 Å². The lowest BCUT2D eigenvalue weighted by Crippen LogP contribution is -2.37. The molecule has 1 aliphatic rings. The summed E-state index contributed by atoms with van der Waals surface area (Å²) in [7, 11) is -1.13. The van der Waals surface area contributed by atoms with Gasteiger partial charge in [0, 0.05) is 25.5 Å². The molecule has 0 radical (unpaired) electrons. The van der Waals surface area contributed by atoms with Crippen molar-refractivity contribution in [3.05, 3.63) is 24.3 Å². The lowest BCUT2D eigenvalue weighted by molar-refractivity contribution is 0.0465. The number of sulfone groups is 1. The van der Waals surface area contributed by atoms with E-state index in [1.165, 1.54) is 6.26 Å². The van der Waals surface area contributed by atoms with Crippen molar-refractivity contribution in [2.75, 3.05) is 24.7 Å². The zero-order valence-electron chi connectivity index (χ0n) is 10.7. The van der Waals surface area contributed by atoms with Gasteiger partial charge in [-0.1, -0.05) is 0 Å². The van der Waals surface area contributed by atoms with Crippen LogP contribution in [0.4, 0.5) is 5.69 Å². The quantitative estimate of drug-likeness (QED) is 0.895. The Morgan fingerprint density at radius 1 is 1.28 bits per heavy atom. The third-order valence-electron chi connectivity index (χ3n) is 3.45. The van der Waals surface area contributed by atoms with Gasteiger partial charge in [-0.2, -0.15) is 0 Å². The van der Waals surface area contributed by atoms with Crippen LogP contribution < -0.4 is 4.90 Å². The molecule has 0 bridgehead atoms. The van der Waals surface area contributed by atoms with Gasteiger partial charge >= 0.3 is 0 Å². The summed E-state index contributed by atoms with van der Waals surface area (Å²) in [6.07, 6.45) is 2.81. The second-order valence-electron chi connectivity index (χ2n) is 5.14. The Bertz CT molecular complexity index is 504. The van der Waals surface area contributed by atoms with E-state index in [1.807, 2.05) is 19.2 Å². The number of benzene rings is 1. The van der Waals surface area contributed by atoms with Crippen LogP contribution >= 0.6 is 0 Å². The fourth-order valence-electron chi connectivity index (χ4n) is 2.29. The summed E-state index contributed by atoms with van der Waals surface area (Å²) in [6.45, 7) is 0.898. The monoisotopic (exact) mass is 269 g/mol. The van der Waals surface area contributed by atoms with Crippen molar-refractivity contribution < 1.29 is 13.5 Å². The Labute approximate surface area is 108 Å². The van der Waals surface area contributed by atoms with Gasteiger partial charge in [0.2, 0.25) is 0 Å². The van der Waals surface area contributed by atoms with E-state index < -0.39 is 9.84 Å². The summed E-state index contributed by atoms with van der Waals surface area (Å²) in [6, 6.07) is 6.92. The molecule has 1 aliphatic carbocycles. The van der Waals surface area contributed by atoms with Crippen LogP contribution in [-0.2, 0) is 9.84 Å². The molecule has 18 heavy (non-hydrogen) atoms. The van der Waals surface area contributed by atoms with Crippen LogP contribution in [0.1, 0.15) is 12.8 Å². The average Bonchev–Trinajstić information content (AvgIpc) is 2.26. The molecule has 0 aromatic heterocycles. The zero-order chi connectivity index (χ0) is 13.3. The van der Waals surface area contributed by atoms with Crippen LogP contribution in [0.5, 0.6) is 0 Å². The third kappa shape index (κ3) is 3.03. The number of hydrogen-bond donors (Lipinski definition) is 1. The summed E-state index contributed by atoms with van der Waals surface area (Å²) in [4.78, 5) is 2.45. The molecule has 1 aromatic carbocycles. The van der Waals surface area contributed by atoms with Gasteiger partial charge < -0.3 is 10.0 Å². The van der Waals surface area contributed by atoms with Crippen molar-refractivity contribution in [1.29, 1.82) is 0 Å². The fraction of sp³-hybridized carbons (Fsp3) is 0.538. The maximum Gasteiger partial charge on any atom is 0.175 e. The second kappa shape index (κ2) is 4.90. The molecule has 0 atom stereocenters. The molecule has 0 amide bonds. The topological polar surface area (TPSA) is 57.6 Å². The zero-order valence-corrected chi connectivity index (χ0v) is 11.5. The van der Waals surface area contributed by atoms with Gasteiger partial charge in [-0.25, -0.2) is 8.42 Å². The van der Waals surface area contributed by atoms with Crippen LogP contribution in [0.15, 0.2) is 29.2 Å². The van der Waals surface area contributed by atoms with E-state index >= 15 is 0 Å². The Hall–Kier alpha value is -1.07. The highest BCUT2D eigenvalue weighted by Crippen LogP contribution is 2.29. The van der Waals surface area contributed by atoms with Gasteiger partial charge in [-0.3, -0.25) is 0 Å². The van der Waals surface area contributed by atoms with Crippen LogP contribution in [0.2, 0.25) is 0 Å². The van der Waals surface area contributed by atoms with E-state index in [9.17, 15) is 13.5 Å². The second-order valence-corrected chi connectivity index (χ2v) is 7.15. The molecule has 2 rings (SSSR count). The number of hydrogen-bond acceptors (Lipinski definition) is 4. The van der Waals surface area contributed by atoms with E-state index in [-0.39, 0.29) is 6.10 Å². The third-order valence-corrected chi connectivity index (χ3v) is 4.58. The van der Waals surface area contributed by atoms with E-state index in [4.69, 9.17) is 0 Å².